The Kier molecular flexibility index (Phi) is 5.15. The normalized spacial score (nSPS) is 9.60. The van der Waals surface area contributed by atoms with Crippen LogP contribution in [-0.4, -0.2) is 22.7 Å². The molecule has 0 bridgehead atoms. The van der Waals surface area contributed by atoms with Gasteiger partial charge in [-0.3, -0.25) is 30.6 Å². The predicted molar refractivity (Wildman–Crippen MR) is 62.9 cm³/mol. The van der Waals surface area contributed by atoms with E-state index in [1.807, 2.05) is 10.9 Å². The highest BCUT2D eigenvalue weighted by Gasteiger charge is 2.10. The molecule has 0 atom stereocenters. The van der Waals surface area contributed by atoms with Gasteiger partial charge in [0, 0.05) is 30.1 Å². The number of aliphatic carboxylic acids is 1. The summed E-state index contributed by atoms with van der Waals surface area (Å²) in [6.45, 7) is 0. The van der Waals surface area contributed by atoms with Crippen molar-refractivity contribution in [3.8, 4) is 0 Å². The second kappa shape index (κ2) is 6.83. The molecule has 0 aliphatic heterocycles. The number of carbonyl (C=O) groups excluding carboxylic acids is 3. The number of carboxylic acids is 1. The summed E-state index contributed by atoms with van der Waals surface area (Å²) in [5, 5.41) is 20.5. The first-order valence-electron chi connectivity index (χ1n) is 5.43. The Morgan fingerprint density at radius 2 is 1.65 bits per heavy atom. The van der Waals surface area contributed by atoms with Crippen LogP contribution in [0.1, 0.15) is 23.2 Å². The Bertz CT molecular complexity index is 540. The summed E-state index contributed by atoms with van der Waals surface area (Å²) in [4.78, 5) is 42.6. The molecule has 0 heterocycles. The molecule has 0 aromatic heterocycles. The van der Waals surface area contributed by atoms with Gasteiger partial charge in [-0.05, 0) is 18.6 Å². The monoisotopic (exact) mass is 280 g/mol. The van der Waals surface area contributed by atoms with Gasteiger partial charge in [-0.2, -0.15) is 0 Å². The van der Waals surface area contributed by atoms with Crippen molar-refractivity contribution in [2.75, 3.05) is 0 Å². The van der Waals surface area contributed by atoms with Gasteiger partial charge < -0.3 is 9.90 Å². The van der Waals surface area contributed by atoms with E-state index in [9.17, 15) is 29.6 Å². The lowest BCUT2D eigenvalue weighted by Crippen LogP contribution is -2.42. The van der Waals surface area contributed by atoms with E-state index in [4.69, 9.17) is 0 Å². The quantitative estimate of drug-likeness (QED) is 0.517. The van der Waals surface area contributed by atoms with Crippen LogP contribution in [0.4, 0.5) is 5.69 Å². The average Bonchev–Trinajstić information content (AvgIpc) is 2.42. The molecule has 106 valence electrons. The van der Waals surface area contributed by atoms with Crippen molar-refractivity contribution in [3.05, 3.63) is 39.9 Å². The minimum atomic E-state index is -1.37. The third-order valence-electron chi connectivity index (χ3n) is 2.21. The second-order valence-electron chi connectivity index (χ2n) is 3.68. The van der Waals surface area contributed by atoms with Crippen LogP contribution in [0.3, 0.4) is 0 Å². The van der Waals surface area contributed by atoms with Gasteiger partial charge in [0.05, 0.1) is 4.92 Å². The number of nitro groups is 1. The molecular weight excluding hydrogens is 270 g/mol. The zero-order chi connectivity index (χ0) is 15.1. The summed E-state index contributed by atoms with van der Waals surface area (Å²) < 4.78 is 0. The van der Waals surface area contributed by atoms with Gasteiger partial charge in [0.1, 0.15) is 0 Å². The maximum Gasteiger partial charge on any atom is 0.269 e. The maximum atomic E-state index is 11.5. The summed E-state index contributed by atoms with van der Waals surface area (Å²) in [7, 11) is 0. The Labute approximate surface area is 112 Å². The number of rotatable bonds is 5. The Morgan fingerprint density at radius 3 is 2.15 bits per heavy atom. The van der Waals surface area contributed by atoms with Crippen molar-refractivity contribution in [2.24, 2.45) is 0 Å². The number of nitro benzene ring substituents is 1. The van der Waals surface area contributed by atoms with Crippen LogP contribution >= 0.6 is 0 Å². The highest BCUT2D eigenvalue weighted by molar-refractivity contribution is 5.95. The zero-order valence-electron chi connectivity index (χ0n) is 10.1. The Hall–Kier alpha value is -2.97. The largest absolute Gasteiger partial charge is 0.550 e. The number of hydrazine groups is 1. The summed E-state index contributed by atoms with van der Waals surface area (Å²) in [6, 6.07) is 4.74. The minimum Gasteiger partial charge on any atom is -0.550 e. The number of nitrogens with one attached hydrogen (secondary N) is 2. The number of hydrogen-bond donors (Lipinski definition) is 2. The third kappa shape index (κ3) is 4.72. The molecule has 0 radical (unpaired) electrons. The van der Waals surface area contributed by atoms with E-state index in [1.54, 1.807) is 0 Å². The fourth-order valence-corrected chi connectivity index (χ4v) is 1.21. The molecule has 0 aliphatic carbocycles. The first-order chi connectivity index (χ1) is 9.40. The fraction of sp³-hybridized carbons (Fsp3) is 0.182. The summed E-state index contributed by atoms with van der Waals surface area (Å²) in [5.41, 5.74) is 4.00. The van der Waals surface area contributed by atoms with Gasteiger partial charge in [-0.25, -0.2) is 0 Å². The predicted octanol–water partition coefficient (Wildman–Crippen LogP) is -1.11. The van der Waals surface area contributed by atoms with E-state index < -0.39 is 29.1 Å². The van der Waals surface area contributed by atoms with Crippen LogP contribution < -0.4 is 16.0 Å². The van der Waals surface area contributed by atoms with Gasteiger partial charge >= 0.3 is 0 Å². The van der Waals surface area contributed by atoms with Gasteiger partial charge in [0.15, 0.2) is 0 Å². The molecular formula is C11H10N3O6-. The second-order valence-corrected chi connectivity index (χ2v) is 3.68. The number of amides is 2. The first-order valence-corrected chi connectivity index (χ1v) is 5.43. The van der Waals surface area contributed by atoms with Crippen molar-refractivity contribution >= 4 is 23.5 Å². The highest BCUT2D eigenvalue weighted by Crippen LogP contribution is 2.11. The topological polar surface area (TPSA) is 141 Å². The zero-order valence-corrected chi connectivity index (χ0v) is 10.1. The Balaban J connectivity index is 2.48. The van der Waals surface area contributed by atoms with Crippen LogP contribution in [0.2, 0.25) is 0 Å². The lowest BCUT2D eigenvalue weighted by molar-refractivity contribution is -0.384. The minimum absolute atomic E-state index is 0.107. The molecule has 1 aromatic rings. The van der Waals surface area contributed by atoms with Gasteiger partial charge in [-0.15, -0.1) is 0 Å². The molecule has 0 fully saturated rings. The molecule has 20 heavy (non-hydrogen) atoms. The van der Waals surface area contributed by atoms with Crippen molar-refractivity contribution in [3.63, 3.8) is 0 Å². The van der Waals surface area contributed by atoms with Crippen molar-refractivity contribution in [1.82, 2.24) is 10.9 Å². The molecule has 1 rings (SSSR count). The van der Waals surface area contributed by atoms with E-state index in [2.05, 4.69) is 0 Å². The van der Waals surface area contributed by atoms with Gasteiger partial charge in [0.2, 0.25) is 5.91 Å². The maximum absolute atomic E-state index is 11.5. The molecule has 0 saturated heterocycles. The summed E-state index contributed by atoms with van der Waals surface area (Å²) >= 11 is 0. The standard InChI is InChI=1S/C11H11N3O6/c15-9(5-6-10(16)17)12-13-11(18)7-1-3-8(4-2-7)14(19)20/h1-4H,5-6H2,(H,12,15)(H,13,18)(H,16,17)/p-1. The number of non-ortho nitro benzene ring substituents is 1. The number of carbonyl (C=O) groups is 3. The average molecular weight is 280 g/mol. The SMILES string of the molecule is O=C([O-])CCC(=O)NNC(=O)c1ccc([N+](=O)[O-])cc1. The van der Waals surface area contributed by atoms with Crippen molar-refractivity contribution < 1.29 is 24.4 Å². The Morgan fingerprint density at radius 1 is 1.05 bits per heavy atom. The van der Waals surface area contributed by atoms with Crippen LogP contribution in [0.25, 0.3) is 0 Å². The van der Waals surface area contributed by atoms with E-state index in [1.165, 1.54) is 12.1 Å². The molecule has 0 aliphatic rings. The highest BCUT2D eigenvalue weighted by atomic mass is 16.6. The van der Waals surface area contributed by atoms with Crippen LogP contribution in [0, 0.1) is 10.1 Å². The third-order valence-corrected chi connectivity index (χ3v) is 2.21. The lowest BCUT2D eigenvalue weighted by atomic mass is 10.2. The molecule has 9 heteroatoms. The molecule has 9 nitrogen and oxygen atoms in total. The van der Waals surface area contributed by atoms with E-state index in [0.717, 1.165) is 12.1 Å². The summed E-state index contributed by atoms with van der Waals surface area (Å²) in [6.07, 6.45) is -0.790. The van der Waals surface area contributed by atoms with Crippen LogP contribution in [0.5, 0.6) is 0 Å². The number of carboxylic acid groups (broad SMARTS) is 1. The lowest BCUT2D eigenvalue weighted by Gasteiger charge is -2.07. The van der Waals surface area contributed by atoms with E-state index >= 15 is 0 Å². The smallest absolute Gasteiger partial charge is 0.269 e. The first kappa shape index (κ1) is 15.1. The van der Waals surface area contributed by atoms with Crippen LogP contribution in [-0.2, 0) is 9.59 Å². The number of benzene rings is 1. The number of hydrogen-bond acceptors (Lipinski definition) is 6. The molecule has 0 spiro atoms. The van der Waals surface area contributed by atoms with Gasteiger partial charge in [-0.1, -0.05) is 0 Å². The number of nitrogens with zero attached hydrogens (tertiary/aromatic N) is 1. The molecule has 2 amide bonds. The fourth-order valence-electron chi connectivity index (χ4n) is 1.21. The van der Waals surface area contributed by atoms with Gasteiger partial charge in [0.25, 0.3) is 11.6 Å². The molecule has 0 saturated carbocycles. The summed E-state index contributed by atoms with van der Waals surface area (Å²) in [5.74, 6) is -2.74. The molecule has 1 aromatic carbocycles. The van der Waals surface area contributed by atoms with Crippen molar-refractivity contribution in [1.29, 1.82) is 0 Å². The van der Waals surface area contributed by atoms with Crippen LogP contribution in [0.15, 0.2) is 24.3 Å². The molecule has 0 unspecified atom stereocenters. The van der Waals surface area contributed by atoms with E-state index in [-0.39, 0.29) is 17.7 Å². The molecule has 2 N–H and O–H groups in total. The van der Waals surface area contributed by atoms with Crippen molar-refractivity contribution in [2.45, 2.75) is 12.8 Å². The van der Waals surface area contributed by atoms with E-state index in [0.29, 0.717) is 0 Å².